The quantitative estimate of drug-likeness (QED) is 0.881. The van der Waals surface area contributed by atoms with Gasteiger partial charge in [-0.15, -0.1) is 0 Å². The fourth-order valence-electron chi connectivity index (χ4n) is 1.85. The zero-order chi connectivity index (χ0) is 14.9. The average Bonchev–Trinajstić information content (AvgIpc) is 2.77. The summed E-state index contributed by atoms with van der Waals surface area (Å²) in [6.45, 7) is 2.14. The van der Waals surface area contributed by atoms with Crippen molar-refractivity contribution in [3.05, 3.63) is 46.2 Å². The van der Waals surface area contributed by atoms with Crippen LogP contribution in [0.2, 0.25) is 0 Å². The molecule has 0 amide bonds. The number of hydrogen-bond acceptors (Lipinski definition) is 3. The molecule has 5 nitrogen and oxygen atoms in total. The minimum atomic E-state index is -3.61. The lowest BCUT2D eigenvalue weighted by Crippen LogP contribution is -2.13. The molecule has 108 valence electrons. The van der Waals surface area contributed by atoms with Crippen molar-refractivity contribution in [2.45, 2.75) is 18.4 Å². The highest BCUT2D eigenvalue weighted by molar-refractivity contribution is 9.10. The Kier molecular flexibility index (Phi) is 4.22. The fraction of sp³-hybridized carbons (Fsp3) is 0.231. The number of aryl methyl sites for hydroxylation is 1. The normalized spacial score (nSPS) is 11.6. The molecule has 0 unspecified atom stereocenters. The van der Waals surface area contributed by atoms with E-state index in [0.29, 0.717) is 12.2 Å². The fourth-order valence-corrected chi connectivity index (χ4v) is 3.43. The highest BCUT2D eigenvalue weighted by atomic mass is 79.9. The van der Waals surface area contributed by atoms with E-state index < -0.39 is 10.0 Å². The van der Waals surface area contributed by atoms with Gasteiger partial charge < -0.3 is 10.3 Å². The summed E-state index contributed by atoms with van der Waals surface area (Å²) >= 11 is 3.38. The van der Waals surface area contributed by atoms with Gasteiger partial charge in [0.2, 0.25) is 0 Å². The number of nitrogens with two attached hydrogens (primary N) is 1. The molecule has 1 heterocycles. The second-order valence-corrected chi connectivity index (χ2v) is 7.04. The van der Waals surface area contributed by atoms with Crippen LogP contribution < -0.4 is 10.5 Å². The van der Waals surface area contributed by atoms with Crippen LogP contribution in [0.3, 0.4) is 0 Å². The third-order valence-electron chi connectivity index (χ3n) is 3.11. The van der Waals surface area contributed by atoms with Crippen LogP contribution in [-0.4, -0.2) is 13.0 Å². The predicted molar refractivity (Wildman–Crippen MR) is 83.0 cm³/mol. The van der Waals surface area contributed by atoms with Gasteiger partial charge >= 0.3 is 0 Å². The maximum absolute atomic E-state index is 12.4. The minimum absolute atomic E-state index is 0.208. The summed E-state index contributed by atoms with van der Waals surface area (Å²) in [7, 11) is -1.84. The minimum Gasteiger partial charge on any atom is -0.352 e. The van der Waals surface area contributed by atoms with Gasteiger partial charge in [0.15, 0.2) is 0 Å². The Balaban J connectivity index is 2.38. The number of rotatable bonds is 4. The number of nitrogens with one attached hydrogen (secondary N) is 1. The molecule has 20 heavy (non-hydrogen) atoms. The van der Waals surface area contributed by atoms with Crippen LogP contribution in [0, 0.1) is 6.92 Å². The van der Waals surface area contributed by atoms with Crippen LogP contribution in [-0.2, 0) is 23.6 Å². The summed E-state index contributed by atoms with van der Waals surface area (Å²) in [6.07, 6.45) is 1.55. The Morgan fingerprint density at radius 1 is 1.40 bits per heavy atom. The molecule has 2 aromatic rings. The molecule has 1 aromatic carbocycles. The van der Waals surface area contributed by atoms with Gasteiger partial charge in [0, 0.05) is 30.0 Å². The van der Waals surface area contributed by atoms with E-state index >= 15 is 0 Å². The first kappa shape index (κ1) is 15.1. The van der Waals surface area contributed by atoms with Gasteiger partial charge in [-0.2, -0.15) is 0 Å². The Bertz CT molecular complexity index is 738. The highest BCUT2D eigenvalue weighted by Crippen LogP contribution is 2.26. The van der Waals surface area contributed by atoms with Gasteiger partial charge in [-0.1, -0.05) is 22.0 Å². The van der Waals surface area contributed by atoms with Crippen molar-refractivity contribution < 1.29 is 8.42 Å². The summed E-state index contributed by atoms with van der Waals surface area (Å²) in [5, 5.41) is 0. The van der Waals surface area contributed by atoms with E-state index in [4.69, 9.17) is 5.73 Å². The van der Waals surface area contributed by atoms with Crippen molar-refractivity contribution in [1.82, 2.24) is 4.57 Å². The van der Waals surface area contributed by atoms with Gasteiger partial charge in [-0.3, -0.25) is 4.72 Å². The zero-order valence-corrected chi connectivity index (χ0v) is 13.6. The van der Waals surface area contributed by atoms with Gasteiger partial charge in [0.05, 0.1) is 5.69 Å². The van der Waals surface area contributed by atoms with Crippen molar-refractivity contribution >= 4 is 31.6 Å². The van der Waals surface area contributed by atoms with Gasteiger partial charge in [0.25, 0.3) is 10.0 Å². The van der Waals surface area contributed by atoms with Crippen LogP contribution in [0.4, 0.5) is 5.69 Å². The second kappa shape index (κ2) is 5.59. The van der Waals surface area contributed by atoms with Gasteiger partial charge in [0.1, 0.15) is 4.90 Å². The van der Waals surface area contributed by atoms with E-state index in [1.165, 1.54) is 0 Å². The lowest BCUT2D eigenvalue weighted by molar-refractivity contribution is 0.601. The molecule has 2 rings (SSSR count). The van der Waals surface area contributed by atoms with E-state index in [0.717, 1.165) is 15.7 Å². The molecule has 1 aromatic heterocycles. The maximum Gasteiger partial charge on any atom is 0.263 e. The molecule has 0 atom stereocenters. The molecule has 0 spiro atoms. The number of aromatic nitrogens is 1. The zero-order valence-electron chi connectivity index (χ0n) is 11.2. The lowest BCUT2D eigenvalue weighted by atomic mass is 10.2. The van der Waals surface area contributed by atoms with Crippen molar-refractivity contribution in [3.8, 4) is 0 Å². The molecule has 3 N–H and O–H groups in total. The Morgan fingerprint density at radius 3 is 2.70 bits per heavy atom. The first-order valence-electron chi connectivity index (χ1n) is 5.98. The summed E-state index contributed by atoms with van der Waals surface area (Å²) in [6, 6.07) is 6.95. The molecule has 0 saturated heterocycles. The van der Waals surface area contributed by atoms with Crippen molar-refractivity contribution in [1.29, 1.82) is 0 Å². The van der Waals surface area contributed by atoms with Crippen LogP contribution in [0.5, 0.6) is 0 Å². The number of halogens is 1. The smallest absolute Gasteiger partial charge is 0.263 e. The van der Waals surface area contributed by atoms with E-state index in [-0.39, 0.29) is 4.90 Å². The molecular formula is C13H16BrN3O2S. The molecule has 0 radical (unpaired) electrons. The van der Waals surface area contributed by atoms with Crippen molar-refractivity contribution in [3.63, 3.8) is 0 Å². The Hall–Kier alpha value is -1.31. The first-order chi connectivity index (χ1) is 9.35. The van der Waals surface area contributed by atoms with E-state index in [1.807, 2.05) is 13.0 Å². The highest BCUT2D eigenvalue weighted by Gasteiger charge is 2.18. The molecule has 0 bridgehead atoms. The standard InChI is InChI=1S/C13H16BrN3O2S/c1-9-12(14)4-3-5-13(9)16-20(18,19)11-6-10(7-15)17(2)8-11/h3-6,8,16H,7,15H2,1-2H3. The van der Waals surface area contributed by atoms with E-state index in [2.05, 4.69) is 20.7 Å². The second-order valence-electron chi connectivity index (χ2n) is 4.50. The summed E-state index contributed by atoms with van der Waals surface area (Å²) in [5.41, 5.74) is 7.71. The van der Waals surface area contributed by atoms with Crippen molar-refractivity contribution in [2.75, 3.05) is 4.72 Å². The third-order valence-corrected chi connectivity index (χ3v) is 5.31. The third kappa shape index (κ3) is 2.89. The summed E-state index contributed by atoms with van der Waals surface area (Å²) in [4.78, 5) is 0.208. The number of anilines is 1. The van der Waals surface area contributed by atoms with Crippen LogP contribution in [0.1, 0.15) is 11.3 Å². The monoisotopic (exact) mass is 357 g/mol. The van der Waals surface area contributed by atoms with E-state index in [9.17, 15) is 8.42 Å². The molecular weight excluding hydrogens is 342 g/mol. The molecule has 7 heteroatoms. The van der Waals surface area contributed by atoms with Gasteiger partial charge in [-0.25, -0.2) is 8.42 Å². The first-order valence-corrected chi connectivity index (χ1v) is 8.26. The Morgan fingerprint density at radius 2 is 2.10 bits per heavy atom. The van der Waals surface area contributed by atoms with Gasteiger partial charge in [-0.05, 0) is 30.7 Å². The maximum atomic E-state index is 12.4. The topological polar surface area (TPSA) is 77.1 Å². The van der Waals surface area contributed by atoms with Crippen LogP contribution in [0.25, 0.3) is 0 Å². The lowest BCUT2D eigenvalue weighted by Gasteiger charge is -2.10. The number of nitrogens with zero attached hydrogens (tertiary/aromatic N) is 1. The van der Waals surface area contributed by atoms with Crippen LogP contribution in [0.15, 0.2) is 39.8 Å². The average molecular weight is 358 g/mol. The van der Waals surface area contributed by atoms with Crippen LogP contribution >= 0.6 is 15.9 Å². The molecule has 0 saturated carbocycles. The Labute approximate surface area is 127 Å². The molecule has 0 aliphatic carbocycles. The predicted octanol–water partition coefficient (Wildman–Crippen LogP) is 2.36. The molecule has 0 fully saturated rings. The largest absolute Gasteiger partial charge is 0.352 e. The number of sulfonamides is 1. The number of hydrogen-bond donors (Lipinski definition) is 2. The molecule has 0 aliphatic heterocycles. The number of benzene rings is 1. The summed E-state index contributed by atoms with van der Waals surface area (Å²) < 4.78 is 29.9. The molecule has 0 aliphatic rings. The van der Waals surface area contributed by atoms with E-state index in [1.54, 1.807) is 36.0 Å². The summed E-state index contributed by atoms with van der Waals surface area (Å²) in [5.74, 6) is 0. The SMILES string of the molecule is Cc1c(Br)cccc1NS(=O)(=O)c1cc(CN)n(C)c1. The van der Waals surface area contributed by atoms with Crippen molar-refractivity contribution in [2.24, 2.45) is 12.8 Å².